The van der Waals surface area contributed by atoms with Crippen molar-refractivity contribution in [3.05, 3.63) is 0 Å². The van der Waals surface area contributed by atoms with Crippen molar-refractivity contribution in [3.63, 3.8) is 0 Å². The van der Waals surface area contributed by atoms with Gasteiger partial charge in [0.15, 0.2) is 0 Å². The van der Waals surface area contributed by atoms with Crippen LogP contribution < -0.4 is 0 Å². The van der Waals surface area contributed by atoms with Gasteiger partial charge in [-0.3, -0.25) is 0 Å². The molecule has 4 nitrogen and oxygen atoms in total. The summed E-state index contributed by atoms with van der Waals surface area (Å²) in [6.45, 7) is 9.06. The van der Waals surface area contributed by atoms with Gasteiger partial charge in [0.2, 0.25) is 9.76 Å². The summed E-state index contributed by atoms with van der Waals surface area (Å²) >= 11 is 0. The Labute approximate surface area is 114 Å². The number of ether oxygens (including phenoxy) is 3. The van der Waals surface area contributed by atoms with E-state index in [2.05, 4.69) is 13.8 Å². The average Bonchev–Trinajstić information content (AvgIpc) is 2.39. The molecule has 0 fully saturated rings. The Hall–Kier alpha value is 0.0569. The number of hydrogen-bond donors (Lipinski definition) is 0. The van der Waals surface area contributed by atoms with Crippen molar-refractivity contribution < 1.29 is 18.6 Å². The summed E-state index contributed by atoms with van der Waals surface area (Å²) < 4.78 is 21.5. The van der Waals surface area contributed by atoms with Crippen LogP contribution in [-0.2, 0) is 18.6 Å². The first-order valence-corrected chi connectivity index (χ1v) is 8.11. The zero-order valence-electron chi connectivity index (χ0n) is 11.9. The molecule has 0 aromatic heterocycles. The normalized spacial score (nSPS) is 11.0. The maximum absolute atomic E-state index is 5.45. The molecule has 0 spiro atoms. The van der Waals surface area contributed by atoms with Crippen molar-refractivity contribution in [2.24, 2.45) is 0 Å². The Kier molecular flexibility index (Phi) is 17.1. The van der Waals surface area contributed by atoms with Crippen LogP contribution in [0.2, 0.25) is 6.04 Å². The van der Waals surface area contributed by atoms with Crippen LogP contribution in [0.5, 0.6) is 0 Å². The summed E-state index contributed by atoms with van der Waals surface area (Å²) in [6.07, 6.45) is 3.56. The van der Waals surface area contributed by atoms with Crippen LogP contribution in [0.4, 0.5) is 0 Å². The second kappa shape index (κ2) is 17.1. The summed E-state index contributed by atoms with van der Waals surface area (Å²) in [7, 11) is 0.623. The summed E-state index contributed by atoms with van der Waals surface area (Å²) in [4.78, 5) is 0. The topological polar surface area (TPSA) is 36.9 Å². The fourth-order valence-corrected chi connectivity index (χ4v) is 2.05. The average molecular weight is 276 g/mol. The van der Waals surface area contributed by atoms with E-state index in [-0.39, 0.29) is 0 Å². The Balaban J connectivity index is 2.86. The molecule has 0 aliphatic rings. The fraction of sp³-hybridized carbons (Fsp3) is 1.00. The predicted molar refractivity (Wildman–Crippen MR) is 74.2 cm³/mol. The lowest BCUT2D eigenvalue weighted by Crippen LogP contribution is -2.12. The van der Waals surface area contributed by atoms with Crippen LogP contribution >= 0.6 is 0 Å². The molecular formula is C13H28O4Si. The van der Waals surface area contributed by atoms with Gasteiger partial charge in [-0.15, -0.1) is 0 Å². The van der Waals surface area contributed by atoms with E-state index >= 15 is 0 Å². The molecule has 0 saturated carbocycles. The van der Waals surface area contributed by atoms with Gasteiger partial charge in [-0.2, -0.15) is 0 Å². The summed E-state index contributed by atoms with van der Waals surface area (Å²) in [5.41, 5.74) is 0. The zero-order valence-corrected chi connectivity index (χ0v) is 12.9. The smallest absolute Gasteiger partial charge is 0.229 e. The molecule has 0 heterocycles. The van der Waals surface area contributed by atoms with Crippen LogP contribution in [-0.4, -0.2) is 56.0 Å². The Morgan fingerprint density at radius 2 is 1.22 bits per heavy atom. The highest BCUT2D eigenvalue weighted by molar-refractivity contribution is 6.26. The molecule has 0 rings (SSSR count). The van der Waals surface area contributed by atoms with Gasteiger partial charge in [-0.1, -0.05) is 26.7 Å². The first-order chi connectivity index (χ1) is 8.91. The van der Waals surface area contributed by atoms with E-state index < -0.39 is 0 Å². The minimum atomic E-state index is 0.623. The summed E-state index contributed by atoms with van der Waals surface area (Å²) in [5, 5.41) is 0. The van der Waals surface area contributed by atoms with Gasteiger partial charge in [0.05, 0.1) is 39.6 Å². The SMILES string of the molecule is CCCC[Si]OCCOCCOCCOCCC. The Morgan fingerprint density at radius 3 is 1.78 bits per heavy atom. The van der Waals surface area contributed by atoms with Crippen molar-refractivity contribution in [3.8, 4) is 0 Å². The molecule has 108 valence electrons. The lowest BCUT2D eigenvalue weighted by atomic mass is 10.4. The highest BCUT2D eigenvalue weighted by atomic mass is 28.2. The summed E-state index contributed by atoms with van der Waals surface area (Å²) in [6, 6.07) is 1.18. The van der Waals surface area contributed by atoms with Gasteiger partial charge in [-0.05, 0) is 12.5 Å². The van der Waals surface area contributed by atoms with Gasteiger partial charge < -0.3 is 18.6 Å². The van der Waals surface area contributed by atoms with E-state index in [0.717, 1.165) is 13.0 Å². The quantitative estimate of drug-likeness (QED) is 0.340. The molecule has 0 aliphatic heterocycles. The number of hydrogen-bond acceptors (Lipinski definition) is 4. The molecule has 0 unspecified atom stereocenters. The Bertz CT molecular complexity index is 131. The third-order valence-electron chi connectivity index (χ3n) is 2.16. The first-order valence-electron chi connectivity index (χ1n) is 6.99. The van der Waals surface area contributed by atoms with E-state index in [1.54, 1.807) is 0 Å². The monoisotopic (exact) mass is 276 g/mol. The fourth-order valence-electron chi connectivity index (χ4n) is 1.18. The molecule has 0 N–H and O–H groups in total. The highest BCUT2D eigenvalue weighted by Crippen LogP contribution is 1.93. The molecule has 2 radical (unpaired) electrons. The standard InChI is InChI=1S/C13H28O4Si/c1-3-5-13-18-17-12-11-16-10-9-15-8-7-14-6-4-2/h3-13H2,1-2H3. The third-order valence-corrected chi connectivity index (χ3v) is 3.12. The maximum atomic E-state index is 5.45. The molecular weight excluding hydrogens is 248 g/mol. The molecule has 0 aromatic carbocycles. The van der Waals surface area contributed by atoms with E-state index in [0.29, 0.717) is 49.4 Å². The minimum absolute atomic E-state index is 0.623. The van der Waals surface area contributed by atoms with Crippen molar-refractivity contribution in [2.45, 2.75) is 39.2 Å². The third kappa shape index (κ3) is 16.1. The van der Waals surface area contributed by atoms with Crippen LogP contribution in [0, 0.1) is 0 Å². The number of rotatable bonds is 15. The summed E-state index contributed by atoms with van der Waals surface area (Å²) in [5.74, 6) is 0. The van der Waals surface area contributed by atoms with Crippen molar-refractivity contribution in [1.29, 1.82) is 0 Å². The molecule has 0 saturated heterocycles. The van der Waals surface area contributed by atoms with Gasteiger partial charge in [0.1, 0.15) is 0 Å². The molecule has 0 amide bonds. The van der Waals surface area contributed by atoms with Crippen molar-refractivity contribution >= 4 is 9.76 Å². The minimum Gasteiger partial charge on any atom is -0.415 e. The highest BCUT2D eigenvalue weighted by Gasteiger charge is 1.93. The largest absolute Gasteiger partial charge is 0.415 e. The molecule has 0 atom stereocenters. The molecule has 0 aromatic rings. The van der Waals surface area contributed by atoms with Gasteiger partial charge in [0.25, 0.3) is 0 Å². The van der Waals surface area contributed by atoms with Gasteiger partial charge >= 0.3 is 0 Å². The molecule has 18 heavy (non-hydrogen) atoms. The first kappa shape index (κ1) is 18.1. The predicted octanol–water partition coefficient (Wildman–Crippen LogP) is 2.30. The van der Waals surface area contributed by atoms with Crippen LogP contribution in [0.1, 0.15) is 33.1 Å². The van der Waals surface area contributed by atoms with E-state index in [4.69, 9.17) is 18.6 Å². The lowest BCUT2D eigenvalue weighted by Gasteiger charge is -2.06. The van der Waals surface area contributed by atoms with Crippen molar-refractivity contribution in [2.75, 3.05) is 46.2 Å². The maximum Gasteiger partial charge on any atom is 0.229 e. The second-order valence-electron chi connectivity index (χ2n) is 3.93. The van der Waals surface area contributed by atoms with Gasteiger partial charge in [0, 0.05) is 6.61 Å². The van der Waals surface area contributed by atoms with Crippen LogP contribution in [0.15, 0.2) is 0 Å². The van der Waals surface area contributed by atoms with Gasteiger partial charge in [-0.25, -0.2) is 0 Å². The molecule has 0 aliphatic carbocycles. The second-order valence-corrected chi connectivity index (χ2v) is 5.01. The zero-order chi connectivity index (χ0) is 13.3. The number of unbranched alkanes of at least 4 members (excludes halogenated alkanes) is 1. The lowest BCUT2D eigenvalue weighted by molar-refractivity contribution is 0.00958. The Morgan fingerprint density at radius 1 is 0.667 bits per heavy atom. The van der Waals surface area contributed by atoms with E-state index in [9.17, 15) is 0 Å². The van der Waals surface area contributed by atoms with E-state index in [1.807, 2.05) is 0 Å². The van der Waals surface area contributed by atoms with E-state index in [1.165, 1.54) is 18.9 Å². The van der Waals surface area contributed by atoms with Crippen LogP contribution in [0.3, 0.4) is 0 Å². The van der Waals surface area contributed by atoms with Crippen LogP contribution in [0.25, 0.3) is 0 Å². The molecule has 0 bridgehead atoms. The molecule has 5 heteroatoms. The van der Waals surface area contributed by atoms with Crippen molar-refractivity contribution in [1.82, 2.24) is 0 Å².